The van der Waals surface area contributed by atoms with Crippen LogP contribution >= 0.6 is 0 Å². The zero-order valence-electron chi connectivity index (χ0n) is 16.0. The number of benzene rings is 1. The molecule has 26 heavy (non-hydrogen) atoms. The van der Waals surface area contributed by atoms with Crippen molar-refractivity contribution in [3.63, 3.8) is 0 Å². The largest absolute Gasteiger partial charge is 0.459 e. The number of carbonyl (C=O) groups is 1. The van der Waals surface area contributed by atoms with Gasteiger partial charge in [0.05, 0.1) is 0 Å². The van der Waals surface area contributed by atoms with Gasteiger partial charge in [0.1, 0.15) is 0 Å². The number of rotatable bonds is 9. The first-order valence-electron chi connectivity index (χ1n) is 9.49. The Morgan fingerprint density at radius 3 is 2.65 bits per heavy atom. The predicted octanol–water partition coefficient (Wildman–Crippen LogP) is 3.24. The maximum Gasteiger partial charge on any atom is 0.286 e. The van der Waals surface area contributed by atoms with E-state index in [4.69, 9.17) is 9.47 Å². The first kappa shape index (κ1) is 20.5. The minimum absolute atomic E-state index is 0.132. The summed E-state index contributed by atoms with van der Waals surface area (Å²) in [6, 6.07) is 9.79. The third-order valence-corrected chi connectivity index (χ3v) is 4.75. The van der Waals surface area contributed by atoms with Crippen LogP contribution in [-0.4, -0.2) is 30.5 Å². The van der Waals surface area contributed by atoms with Crippen LogP contribution in [0.3, 0.4) is 0 Å². The van der Waals surface area contributed by atoms with E-state index in [1.54, 1.807) is 0 Å². The zero-order chi connectivity index (χ0) is 18.9. The lowest BCUT2D eigenvalue weighted by Gasteiger charge is -2.38. The summed E-state index contributed by atoms with van der Waals surface area (Å²) in [5, 5.41) is 12.1. The predicted molar refractivity (Wildman–Crippen MR) is 101 cm³/mol. The lowest BCUT2D eigenvalue weighted by atomic mass is 9.78. The van der Waals surface area contributed by atoms with Crippen LogP contribution in [-0.2, 0) is 20.8 Å². The summed E-state index contributed by atoms with van der Waals surface area (Å²) in [7, 11) is 0. The summed E-state index contributed by atoms with van der Waals surface area (Å²) in [6.07, 6.45) is 2.98. The first-order valence-corrected chi connectivity index (χ1v) is 9.49. The minimum atomic E-state index is -0.457. The molecule has 0 aliphatic carbocycles. The van der Waals surface area contributed by atoms with Gasteiger partial charge in [-0.1, -0.05) is 44.2 Å². The summed E-state index contributed by atoms with van der Waals surface area (Å²) in [5.74, 6) is 0.766. The molecule has 0 fully saturated rings. The van der Waals surface area contributed by atoms with Crippen LogP contribution in [0.15, 0.2) is 42.2 Å². The number of aliphatic hydroxyl groups excluding tert-OH is 1. The van der Waals surface area contributed by atoms with E-state index in [0.717, 1.165) is 12.0 Å². The van der Waals surface area contributed by atoms with Crippen molar-refractivity contribution in [3.05, 3.63) is 47.7 Å². The highest BCUT2D eigenvalue weighted by Crippen LogP contribution is 2.37. The van der Waals surface area contributed by atoms with Crippen LogP contribution in [0.25, 0.3) is 0 Å². The number of carbonyl (C=O) groups excluding carboxylic acids is 1. The molecule has 1 amide bonds. The molecule has 2 N–H and O–H groups in total. The molecule has 1 heterocycles. The highest BCUT2D eigenvalue weighted by Gasteiger charge is 2.38. The Morgan fingerprint density at radius 2 is 2.04 bits per heavy atom. The second-order valence-corrected chi connectivity index (χ2v) is 6.99. The molecule has 144 valence electrons. The first-order chi connectivity index (χ1) is 12.6. The number of hydrogen-bond acceptors (Lipinski definition) is 4. The molecule has 1 aliphatic heterocycles. The molecule has 2 rings (SSSR count). The summed E-state index contributed by atoms with van der Waals surface area (Å²) in [5.41, 5.74) is 1.04. The van der Waals surface area contributed by atoms with Crippen molar-refractivity contribution < 1.29 is 19.4 Å². The normalized spacial score (nSPS) is 22.7. The van der Waals surface area contributed by atoms with Crippen LogP contribution < -0.4 is 5.32 Å². The molecule has 5 heteroatoms. The molecule has 5 nitrogen and oxygen atoms in total. The summed E-state index contributed by atoms with van der Waals surface area (Å²) in [4.78, 5) is 12.6. The number of hydrogen-bond donors (Lipinski definition) is 2. The Labute approximate surface area is 156 Å². The second-order valence-electron chi connectivity index (χ2n) is 6.99. The van der Waals surface area contributed by atoms with E-state index in [2.05, 4.69) is 19.2 Å². The fraction of sp³-hybridized carbons (Fsp3) is 0.571. The smallest absolute Gasteiger partial charge is 0.286 e. The molecule has 3 atom stereocenters. The summed E-state index contributed by atoms with van der Waals surface area (Å²) >= 11 is 0. The van der Waals surface area contributed by atoms with Gasteiger partial charge in [0, 0.05) is 25.7 Å². The van der Waals surface area contributed by atoms with E-state index < -0.39 is 6.29 Å². The average Bonchev–Trinajstić information content (AvgIpc) is 2.65. The number of amides is 1. The average molecular weight is 361 g/mol. The van der Waals surface area contributed by atoms with Crippen molar-refractivity contribution in [3.8, 4) is 0 Å². The number of allylic oxidation sites excluding steroid dienone is 1. The number of nitrogens with one attached hydrogen (secondary N) is 1. The van der Waals surface area contributed by atoms with Crippen LogP contribution in [0, 0.1) is 17.8 Å². The molecule has 0 saturated heterocycles. The van der Waals surface area contributed by atoms with Crippen molar-refractivity contribution >= 4 is 5.91 Å². The van der Waals surface area contributed by atoms with E-state index in [1.807, 2.05) is 43.3 Å². The fourth-order valence-corrected chi connectivity index (χ4v) is 3.39. The van der Waals surface area contributed by atoms with Gasteiger partial charge in [-0.25, -0.2) is 0 Å². The van der Waals surface area contributed by atoms with E-state index in [0.29, 0.717) is 31.2 Å². The Hall–Kier alpha value is -1.85. The third kappa shape index (κ3) is 5.58. The molecular formula is C21H31NO4. The monoisotopic (exact) mass is 361 g/mol. The topological polar surface area (TPSA) is 67.8 Å². The van der Waals surface area contributed by atoms with Gasteiger partial charge in [0.2, 0.25) is 6.29 Å². The van der Waals surface area contributed by atoms with Gasteiger partial charge in [0.15, 0.2) is 5.76 Å². The summed E-state index contributed by atoms with van der Waals surface area (Å²) in [6.45, 7) is 7.32. The molecule has 1 aromatic carbocycles. The zero-order valence-corrected chi connectivity index (χ0v) is 16.0. The van der Waals surface area contributed by atoms with E-state index in [-0.39, 0.29) is 24.3 Å². The third-order valence-electron chi connectivity index (χ3n) is 4.75. The molecule has 0 aromatic heterocycles. The lowest BCUT2D eigenvalue weighted by molar-refractivity contribution is -0.175. The number of ether oxygens (including phenoxy) is 2. The highest BCUT2D eigenvalue weighted by molar-refractivity contribution is 5.91. The number of aliphatic hydroxyl groups is 1. The van der Waals surface area contributed by atoms with Crippen LogP contribution in [0.4, 0.5) is 0 Å². The standard InChI is InChI=1S/C21H31NO4/c1-4-25-21-17(11-8-12-23)18(15(2)3)13-19(26-21)20(24)22-14-16-9-6-5-7-10-16/h5-7,9-10,13,15,17-18,21,23H,4,8,11-12,14H2,1-3H3,(H,22,24)/t17-,18+,21+/m0/s1. The Morgan fingerprint density at radius 1 is 1.31 bits per heavy atom. The molecule has 0 bridgehead atoms. The summed E-state index contributed by atoms with van der Waals surface area (Å²) < 4.78 is 11.7. The molecular weight excluding hydrogens is 330 g/mol. The molecule has 0 spiro atoms. The van der Waals surface area contributed by atoms with E-state index in [9.17, 15) is 9.90 Å². The minimum Gasteiger partial charge on any atom is -0.459 e. The van der Waals surface area contributed by atoms with Crippen molar-refractivity contribution in [2.24, 2.45) is 17.8 Å². The Balaban J connectivity index is 2.11. The van der Waals surface area contributed by atoms with Gasteiger partial charge >= 0.3 is 0 Å². The van der Waals surface area contributed by atoms with Crippen molar-refractivity contribution in [2.75, 3.05) is 13.2 Å². The Kier molecular flexibility index (Phi) is 8.13. The van der Waals surface area contributed by atoms with Crippen molar-refractivity contribution in [1.29, 1.82) is 0 Å². The lowest BCUT2D eigenvalue weighted by Crippen LogP contribution is -2.41. The van der Waals surface area contributed by atoms with Gasteiger partial charge in [-0.3, -0.25) is 4.79 Å². The van der Waals surface area contributed by atoms with Crippen LogP contribution in [0.2, 0.25) is 0 Å². The second kappa shape index (κ2) is 10.3. The molecule has 0 unspecified atom stereocenters. The highest BCUT2D eigenvalue weighted by atomic mass is 16.7. The Bertz CT molecular complexity index is 585. The van der Waals surface area contributed by atoms with Crippen LogP contribution in [0.5, 0.6) is 0 Å². The van der Waals surface area contributed by atoms with Crippen molar-refractivity contribution in [1.82, 2.24) is 5.32 Å². The molecule has 0 saturated carbocycles. The van der Waals surface area contributed by atoms with Crippen molar-refractivity contribution in [2.45, 2.75) is 46.4 Å². The molecule has 1 aliphatic rings. The van der Waals surface area contributed by atoms with E-state index >= 15 is 0 Å². The van der Waals surface area contributed by atoms with Gasteiger partial charge in [-0.2, -0.15) is 0 Å². The van der Waals surface area contributed by atoms with Gasteiger partial charge in [-0.05, 0) is 43.2 Å². The molecule has 1 aromatic rings. The SMILES string of the molecule is CCO[C@@H]1OC(C(=O)NCc2ccccc2)=C[C@H](C(C)C)[C@@H]1CCCO. The molecule has 0 radical (unpaired) electrons. The van der Waals surface area contributed by atoms with Crippen LogP contribution in [0.1, 0.15) is 39.2 Å². The maximum atomic E-state index is 12.6. The van der Waals surface area contributed by atoms with Gasteiger partial charge < -0.3 is 19.9 Å². The fourth-order valence-electron chi connectivity index (χ4n) is 3.39. The quantitative estimate of drug-likeness (QED) is 0.708. The van der Waals surface area contributed by atoms with Gasteiger partial charge in [-0.15, -0.1) is 0 Å². The van der Waals surface area contributed by atoms with Gasteiger partial charge in [0.25, 0.3) is 5.91 Å². The maximum absolute atomic E-state index is 12.6. The van der Waals surface area contributed by atoms with E-state index in [1.165, 1.54) is 0 Å².